The molecule has 0 aliphatic carbocycles. The van der Waals surface area contributed by atoms with Crippen LogP contribution in [0.1, 0.15) is 24.2 Å². The zero-order valence-electron chi connectivity index (χ0n) is 10.5. The quantitative estimate of drug-likeness (QED) is 0.540. The number of Topliss-reactive ketones (excluding diaryl/α,β-unsaturated/α-hetero) is 1. The van der Waals surface area contributed by atoms with Gasteiger partial charge in [-0.25, -0.2) is 0 Å². The number of carbonyl (C=O) groups excluding carboxylic acids is 1. The van der Waals surface area contributed by atoms with E-state index in [0.29, 0.717) is 36.9 Å². The first-order valence-electron chi connectivity index (χ1n) is 5.59. The predicted molar refractivity (Wildman–Crippen MR) is 65.0 cm³/mol. The number of ether oxygens (including phenoxy) is 3. The Kier molecular flexibility index (Phi) is 5.49. The Morgan fingerprint density at radius 1 is 1.24 bits per heavy atom. The summed E-state index contributed by atoms with van der Waals surface area (Å²) >= 11 is 0. The van der Waals surface area contributed by atoms with Gasteiger partial charge < -0.3 is 14.2 Å². The second-order valence-corrected chi connectivity index (χ2v) is 3.43. The molecule has 0 aromatic heterocycles. The molecule has 0 saturated carbocycles. The first kappa shape index (κ1) is 13.5. The lowest BCUT2D eigenvalue weighted by Crippen LogP contribution is -2.09. The number of hydrogen-bond donors (Lipinski definition) is 0. The van der Waals surface area contributed by atoms with E-state index >= 15 is 0 Å². The van der Waals surface area contributed by atoms with Gasteiger partial charge in [-0.2, -0.15) is 0 Å². The summed E-state index contributed by atoms with van der Waals surface area (Å²) in [6, 6.07) is 5.29. The molecular weight excluding hydrogens is 220 g/mol. The van der Waals surface area contributed by atoms with Crippen LogP contribution in [0.15, 0.2) is 18.2 Å². The van der Waals surface area contributed by atoms with Crippen molar-refractivity contribution in [2.75, 3.05) is 26.9 Å². The van der Waals surface area contributed by atoms with Crippen LogP contribution in [0.5, 0.6) is 11.5 Å². The van der Waals surface area contributed by atoms with E-state index in [2.05, 4.69) is 0 Å². The second-order valence-electron chi connectivity index (χ2n) is 3.43. The monoisotopic (exact) mass is 238 g/mol. The van der Waals surface area contributed by atoms with E-state index in [1.54, 1.807) is 18.2 Å². The molecule has 1 aromatic carbocycles. The summed E-state index contributed by atoms with van der Waals surface area (Å²) in [6.45, 7) is 4.99. The zero-order valence-corrected chi connectivity index (χ0v) is 10.5. The highest BCUT2D eigenvalue weighted by Crippen LogP contribution is 2.28. The van der Waals surface area contributed by atoms with Crippen molar-refractivity contribution >= 4 is 5.78 Å². The van der Waals surface area contributed by atoms with E-state index in [1.807, 2.05) is 6.92 Å². The van der Waals surface area contributed by atoms with Crippen LogP contribution in [-0.4, -0.2) is 32.7 Å². The van der Waals surface area contributed by atoms with Gasteiger partial charge in [-0.1, -0.05) is 6.07 Å². The Morgan fingerprint density at radius 2 is 1.94 bits per heavy atom. The Balaban J connectivity index is 2.79. The minimum atomic E-state index is -0.0751. The highest BCUT2D eigenvalue weighted by molar-refractivity contribution is 5.99. The van der Waals surface area contributed by atoms with Crippen LogP contribution in [0.2, 0.25) is 0 Å². The highest BCUT2D eigenvalue weighted by atomic mass is 16.5. The summed E-state index contributed by atoms with van der Waals surface area (Å²) < 4.78 is 15.8. The molecule has 0 aliphatic rings. The molecule has 4 heteroatoms. The van der Waals surface area contributed by atoms with Gasteiger partial charge in [0.15, 0.2) is 5.78 Å². The average molecular weight is 238 g/mol. The van der Waals surface area contributed by atoms with Gasteiger partial charge in [0.1, 0.15) is 23.7 Å². The SMILES string of the molecule is CCOCCOc1cccc(OC)c1C(C)=O. The van der Waals surface area contributed by atoms with Crippen LogP contribution in [-0.2, 0) is 4.74 Å². The van der Waals surface area contributed by atoms with E-state index in [4.69, 9.17) is 14.2 Å². The third-order valence-corrected chi connectivity index (χ3v) is 2.25. The van der Waals surface area contributed by atoms with Gasteiger partial charge >= 0.3 is 0 Å². The van der Waals surface area contributed by atoms with E-state index in [0.717, 1.165) is 0 Å². The Hall–Kier alpha value is -1.55. The molecule has 0 heterocycles. The van der Waals surface area contributed by atoms with Crippen LogP contribution in [0, 0.1) is 0 Å². The maximum absolute atomic E-state index is 11.5. The molecule has 0 spiro atoms. The highest BCUT2D eigenvalue weighted by Gasteiger charge is 2.14. The normalized spacial score (nSPS) is 10.1. The molecule has 0 amide bonds. The molecule has 0 unspecified atom stereocenters. The van der Waals surface area contributed by atoms with E-state index in [-0.39, 0.29) is 5.78 Å². The lowest BCUT2D eigenvalue weighted by molar-refractivity contribution is 0.0986. The Morgan fingerprint density at radius 3 is 2.53 bits per heavy atom. The lowest BCUT2D eigenvalue weighted by Gasteiger charge is -2.12. The van der Waals surface area contributed by atoms with Gasteiger partial charge in [-0.3, -0.25) is 4.79 Å². The molecule has 0 atom stereocenters. The number of methoxy groups -OCH3 is 1. The first-order chi connectivity index (χ1) is 8.20. The van der Waals surface area contributed by atoms with E-state index < -0.39 is 0 Å². The number of rotatable bonds is 7. The minimum absolute atomic E-state index is 0.0751. The third kappa shape index (κ3) is 3.75. The Labute approximate surface area is 101 Å². The maximum atomic E-state index is 11.5. The molecule has 0 N–H and O–H groups in total. The van der Waals surface area contributed by atoms with Crippen molar-refractivity contribution in [3.63, 3.8) is 0 Å². The molecule has 0 aliphatic heterocycles. The van der Waals surface area contributed by atoms with Crippen molar-refractivity contribution in [1.29, 1.82) is 0 Å². The summed E-state index contributed by atoms with van der Waals surface area (Å²) in [5.41, 5.74) is 0.478. The van der Waals surface area contributed by atoms with Crippen LogP contribution < -0.4 is 9.47 Å². The fourth-order valence-corrected chi connectivity index (χ4v) is 1.50. The molecule has 0 bridgehead atoms. The second kappa shape index (κ2) is 6.91. The molecule has 0 fully saturated rings. The van der Waals surface area contributed by atoms with E-state index in [1.165, 1.54) is 14.0 Å². The largest absolute Gasteiger partial charge is 0.496 e. The molecule has 17 heavy (non-hydrogen) atoms. The molecular formula is C13H18O4. The summed E-state index contributed by atoms with van der Waals surface area (Å²) in [5, 5.41) is 0. The van der Waals surface area contributed by atoms with Gasteiger partial charge in [0.25, 0.3) is 0 Å². The maximum Gasteiger partial charge on any atom is 0.167 e. The van der Waals surface area contributed by atoms with Crippen molar-refractivity contribution < 1.29 is 19.0 Å². The summed E-state index contributed by atoms with van der Waals surface area (Å²) in [6.07, 6.45) is 0. The first-order valence-corrected chi connectivity index (χ1v) is 5.59. The average Bonchev–Trinajstić information content (AvgIpc) is 2.33. The van der Waals surface area contributed by atoms with Crippen molar-refractivity contribution in [1.82, 2.24) is 0 Å². The fourth-order valence-electron chi connectivity index (χ4n) is 1.50. The molecule has 4 nitrogen and oxygen atoms in total. The summed E-state index contributed by atoms with van der Waals surface area (Å²) in [4.78, 5) is 11.5. The molecule has 1 aromatic rings. The van der Waals surface area contributed by atoms with Crippen molar-refractivity contribution in [3.8, 4) is 11.5 Å². The van der Waals surface area contributed by atoms with Crippen molar-refractivity contribution in [2.45, 2.75) is 13.8 Å². The van der Waals surface area contributed by atoms with Crippen LogP contribution in [0.4, 0.5) is 0 Å². The lowest BCUT2D eigenvalue weighted by atomic mass is 10.1. The number of ketones is 1. The van der Waals surface area contributed by atoms with E-state index in [9.17, 15) is 4.79 Å². The minimum Gasteiger partial charge on any atom is -0.496 e. The van der Waals surface area contributed by atoms with Gasteiger partial charge in [-0.05, 0) is 26.0 Å². The molecule has 1 rings (SSSR count). The van der Waals surface area contributed by atoms with Gasteiger partial charge in [0.2, 0.25) is 0 Å². The number of hydrogen-bond acceptors (Lipinski definition) is 4. The molecule has 0 saturated heterocycles. The smallest absolute Gasteiger partial charge is 0.167 e. The van der Waals surface area contributed by atoms with Crippen LogP contribution in [0.3, 0.4) is 0 Å². The summed E-state index contributed by atoms with van der Waals surface area (Å²) in [5.74, 6) is 0.997. The van der Waals surface area contributed by atoms with Gasteiger partial charge in [-0.15, -0.1) is 0 Å². The standard InChI is InChI=1S/C13H18O4/c1-4-16-8-9-17-12-7-5-6-11(15-3)13(12)10(2)14/h5-7H,4,8-9H2,1-3H3. The third-order valence-electron chi connectivity index (χ3n) is 2.25. The topological polar surface area (TPSA) is 44.8 Å². The van der Waals surface area contributed by atoms with Gasteiger partial charge in [0.05, 0.1) is 13.7 Å². The zero-order chi connectivity index (χ0) is 12.7. The fraction of sp³-hybridized carbons (Fsp3) is 0.462. The molecule has 0 radical (unpaired) electrons. The van der Waals surface area contributed by atoms with Gasteiger partial charge in [0, 0.05) is 6.61 Å². The predicted octanol–water partition coefficient (Wildman–Crippen LogP) is 2.31. The van der Waals surface area contributed by atoms with Crippen molar-refractivity contribution in [2.24, 2.45) is 0 Å². The Bertz CT molecular complexity index is 374. The van der Waals surface area contributed by atoms with Crippen LogP contribution in [0.25, 0.3) is 0 Å². The number of benzene rings is 1. The summed E-state index contributed by atoms with van der Waals surface area (Å²) in [7, 11) is 1.53. The van der Waals surface area contributed by atoms with Crippen molar-refractivity contribution in [3.05, 3.63) is 23.8 Å². The number of carbonyl (C=O) groups is 1. The molecule has 94 valence electrons. The van der Waals surface area contributed by atoms with Crippen LogP contribution >= 0.6 is 0 Å².